The molecule has 2 aromatic carbocycles. The molecule has 0 aliphatic carbocycles. The molecule has 0 saturated carbocycles. The SMILES string of the molecule is Cc1ccc2c(c1)S(=O)(=O)c1cccc(Br)c1-2. The van der Waals surface area contributed by atoms with Gasteiger partial charge >= 0.3 is 0 Å². The molecule has 0 saturated heterocycles. The molecule has 0 N–H and O–H groups in total. The van der Waals surface area contributed by atoms with Gasteiger partial charge in [-0.25, -0.2) is 8.42 Å². The van der Waals surface area contributed by atoms with Crippen LogP contribution in [-0.2, 0) is 9.84 Å². The first-order valence-electron chi connectivity index (χ1n) is 5.16. The molecule has 0 spiro atoms. The molecule has 1 aliphatic rings. The van der Waals surface area contributed by atoms with Gasteiger partial charge in [0.15, 0.2) is 0 Å². The molecule has 0 fully saturated rings. The third kappa shape index (κ3) is 1.40. The molecule has 86 valence electrons. The number of benzene rings is 2. The molecule has 0 aromatic heterocycles. The molecule has 0 amide bonds. The van der Waals surface area contributed by atoms with Gasteiger partial charge in [-0.1, -0.05) is 34.1 Å². The van der Waals surface area contributed by atoms with Gasteiger partial charge in [-0.3, -0.25) is 0 Å². The number of rotatable bonds is 0. The average molecular weight is 309 g/mol. The van der Waals surface area contributed by atoms with E-state index in [9.17, 15) is 8.42 Å². The van der Waals surface area contributed by atoms with Crippen LogP contribution in [0.5, 0.6) is 0 Å². The van der Waals surface area contributed by atoms with Crippen molar-refractivity contribution in [3.63, 3.8) is 0 Å². The van der Waals surface area contributed by atoms with Gasteiger partial charge in [0.1, 0.15) is 0 Å². The molecular weight excluding hydrogens is 300 g/mol. The fraction of sp³-hybridized carbons (Fsp3) is 0.0769. The normalized spacial score (nSPS) is 15.4. The summed E-state index contributed by atoms with van der Waals surface area (Å²) in [5, 5.41) is 0. The second kappa shape index (κ2) is 3.43. The third-order valence-electron chi connectivity index (χ3n) is 2.96. The molecule has 0 atom stereocenters. The molecule has 1 aliphatic heterocycles. The van der Waals surface area contributed by atoms with Crippen molar-refractivity contribution < 1.29 is 8.42 Å². The molecule has 3 rings (SSSR count). The molecule has 4 heteroatoms. The minimum absolute atomic E-state index is 0.396. The zero-order valence-corrected chi connectivity index (χ0v) is 11.5. The zero-order valence-electron chi connectivity index (χ0n) is 9.07. The van der Waals surface area contributed by atoms with Crippen LogP contribution in [-0.4, -0.2) is 8.42 Å². The van der Waals surface area contributed by atoms with Gasteiger partial charge in [0.2, 0.25) is 9.84 Å². The Morgan fingerprint density at radius 2 is 1.82 bits per heavy atom. The molecule has 0 radical (unpaired) electrons. The smallest absolute Gasteiger partial charge is 0.207 e. The van der Waals surface area contributed by atoms with E-state index in [4.69, 9.17) is 0 Å². The third-order valence-corrected chi connectivity index (χ3v) is 5.46. The van der Waals surface area contributed by atoms with Crippen molar-refractivity contribution >= 4 is 25.8 Å². The van der Waals surface area contributed by atoms with Crippen LogP contribution in [0.15, 0.2) is 50.7 Å². The molecular formula is C13H9BrO2S. The van der Waals surface area contributed by atoms with Crippen molar-refractivity contribution in [3.05, 3.63) is 46.4 Å². The minimum Gasteiger partial charge on any atom is -0.218 e. The van der Waals surface area contributed by atoms with E-state index in [0.29, 0.717) is 9.79 Å². The quantitative estimate of drug-likeness (QED) is 0.636. The van der Waals surface area contributed by atoms with Crippen LogP contribution in [0.2, 0.25) is 0 Å². The molecule has 1 heterocycles. The fourth-order valence-electron chi connectivity index (χ4n) is 2.17. The Bertz CT molecular complexity index is 733. The predicted octanol–water partition coefficient (Wildman–Crippen LogP) is 3.57. The topological polar surface area (TPSA) is 34.1 Å². The van der Waals surface area contributed by atoms with Crippen LogP contribution in [0, 0.1) is 6.92 Å². The highest BCUT2D eigenvalue weighted by molar-refractivity contribution is 9.10. The van der Waals surface area contributed by atoms with Crippen molar-refractivity contribution in [2.45, 2.75) is 16.7 Å². The molecule has 0 unspecified atom stereocenters. The summed E-state index contributed by atoms with van der Waals surface area (Å²) in [7, 11) is -3.34. The molecule has 2 nitrogen and oxygen atoms in total. The van der Waals surface area contributed by atoms with E-state index in [0.717, 1.165) is 21.2 Å². The number of fused-ring (bicyclic) bond motifs is 3. The lowest BCUT2D eigenvalue weighted by atomic mass is 10.0. The van der Waals surface area contributed by atoms with Crippen molar-refractivity contribution in [3.8, 4) is 11.1 Å². The summed E-state index contributed by atoms with van der Waals surface area (Å²) in [4.78, 5) is 0.812. The van der Waals surface area contributed by atoms with Gasteiger partial charge in [-0.2, -0.15) is 0 Å². The Labute approximate surface area is 108 Å². The zero-order chi connectivity index (χ0) is 12.2. The van der Waals surface area contributed by atoms with Crippen molar-refractivity contribution in [2.24, 2.45) is 0 Å². The first-order chi connectivity index (χ1) is 8.01. The Morgan fingerprint density at radius 3 is 2.59 bits per heavy atom. The number of sulfone groups is 1. The highest BCUT2D eigenvalue weighted by atomic mass is 79.9. The lowest BCUT2D eigenvalue weighted by molar-refractivity contribution is 0.598. The lowest BCUT2D eigenvalue weighted by Crippen LogP contribution is -1.96. The summed E-state index contributed by atoms with van der Waals surface area (Å²) in [5.41, 5.74) is 2.52. The van der Waals surface area contributed by atoms with E-state index >= 15 is 0 Å². The van der Waals surface area contributed by atoms with Gasteiger partial charge < -0.3 is 0 Å². The summed E-state index contributed by atoms with van der Waals surface area (Å²) < 4.78 is 25.5. The maximum absolute atomic E-state index is 12.4. The second-order valence-corrected chi connectivity index (χ2v) is 6.86. The predicted molar refractivity (Wildman–Crippen MR) is 69.8 cm³/mol. The van der Waals surface area contributed by atoms with Crippen LogP contribution in [0.1, 0.15) is 5.56 Å². The highest BCUT2D eigenvalue weighted by Crippen LogP contribution is 2.46. The monoisotopic (exact) mass is 308 g/mol. The molecule has 17 heavy (non-hydrogen) atoms. The van der Waals surface area contributed by atoms with Gasteiger partial charge in [0.25, 0.3) is 0 Å². The van der Waals surface area contributed by atoms with Crippen LogP contribution >= 0.6 is 15.9 Å². The maximum Gasteiger partial charge on any atom is 0.207 e. The second-order valence-electron chi connectivity index (χ2n) is 4.12. The number of halogens is 1. The van der Waals surface area contributed by atoms with E-state index in [-0.39, 0.29) is 0 Å². The first-order valence-corrected chi connectivity index (χ1v) is 7.44. The standard InChI is InChI=1S/C13H9BrO2S/c1-8-5-6-9-12(7-8)17(15,16)11-4-2-3-10(14)13(9)11/h2-7H,1H3. The first kappa shape index (κ1) is 11.0. The summed E-state index contributed by atoms with van der Waals surface area (Å²) in [5.74, 6) is 0. The van der Waals surface area contributed by atoms with E-state index < -0.39 is 9.84 Å². The highest BCUT2D eigenvalue weighted by Gasteiger charge is 2.33. The fourth-order valence-corrected chi connectivity index (χ4v) is 4.66. The largest absolute Gasteiger partial charge is 0.218 e. The van der Waals surface area contributed by atoms with E-state index in [2.05, 4.69) is 15.9 Å². The summed E-state index contributed by atoms with van der Waals surface area (Å²) in [6, 6.07) is 10.8. The van der Waals surface area contributed by atoms with E-state index in [1.54, 1.807) is 18.2 Å². The van der Waals surface area contributed by atoms with Crippen molar-refractivity contribution in [1.29, 1.82) is 0 Å². The van der Waals surface area contributed by atoms with Crippen LogP contribution in [0.3, 0.4) is 0 Å². The molecule has 2 aromatic rings. The van der Waals surface area contributed by atoms with E-state index in [1.165, 1.54) is 0 Å². The van der Waals surface area contributed by atoms with Crippen molar-refractivity contribution in [1.82, 2.24) is 0 Å². The van der Waals surface area contributed by atoms with Gasteiger partial charge in [-0.15, -0.1) is 0 Å². The van der Waals surface area contributed by atoms with Crippen LogP contribution in [0.4, 0.5) is 0 Å². The van der Waals surface area contributed by atoms with Crippen LogP contribution in [0.25, 0.3) is 11.1 Å². The summed E-state index contributed by atoms with van der Waals surface area (Å²) in [6.45, 7) is 1.90. The number of hydrogen-bond donors (Lipinski definition) is 0. The minimum atomic E-state index is -3.34. The average Bonchev–Trinajstić information content (AvgIpc) is 2.50. The van der Waals surface area contributed by atoms with Gasteiger partial charge in [-0.05, 0) is 30.7 Å². The Hall–Kier alpha value is -1.13. The van der Waals surface area contributed by atoms with E-state index in [1.807, 2.05) is 25.1 Å². The van der Waals surface area contributed by atoms with Gasteiger partial charge in [0, 0.05) is 15.6 Å². The Balaban J connectivity index is 2.52. The number of hydrogen-bond acceptors (Lipinski definition) is 2. The van der Waals surface area contributed by atoms with Gasteiger partial charge in [0.05, 0.1) is 9.79 Å². The summed E-state index contributed by atoms with van der Waals surface area (Å²) >= 11 is 3.42. The Kier molecular flexibility index (Phi) is 2.22. The summed E-state index contributed by atoms with van der Waals surface area (Å²) in [6.07, 6.45) is 0. The Morgan fingerprint density at radius 1 is 1.06 bits per heavy atom. The maximum atomic E-state index is 12.4. The van der Waals surface area contributed by atoms with Crippen LogP contribution < -0.4 is 0 Å². The number of aryl methyl sites for hydroxylation is 1. The molecule has 0 bridgehead atoms. The lowest BCUT2D eigenvalue weighted by Gasteiger charge is -2.01. The van der Waals surface area contributed by atoms with Crippen molar-refractivity contribution in [2.75, 3.05) is 0 Å².